The van der Waals surface area contributed by atoms with Crippen molar-refractivity contribution >= 4 is 16.8 Å². The van der Waals surface area contributed by atoms with Crippen LogP contribution in [0, 0.1) is 24.7 Å². The Labute approximate surface area is 190 Å². The van der Waals surface area contributed by atoms with Gasteiger partial charge < -0.3 is 14.6 Å². The summed E-state index contributed by atoms with van der Waals surface area (Å²) < 4.78 is 7.41. The topological polar surface area (TPSA) is 73.2 Å². The third kappa shape index (κ3) is 4.47. The second-order valence-corrected chi connectivity index (χ2v) is 10.2. The number of nitrogens with one attached hydrogen (secondary N) is 1. The van der Waals surface area contributed by atoms with E-state index >= 15 is 0 Å². The van der Waals surface area contributed by atoms with Gasteiger partial charge in [-0.3, -0.25) is 14.6 Å². The molecule has 174 valence electrons. The number of carbonyl (C=O) groups excluding carboxylic acids is 1. The minimum absolute atomic E-state index is 0.000740. The molecule has 0 bridgehead atoms. The largest absolute Gasteiger partial charge is 0.381 e. The summed E-state index contributed by atoms with van der Waals surface area (Å²) in [5.41, 5.74) is 2.73. The van der Waals surface area contributed by atoms with Crippen molar-refractivity contribution in [2.24, 2.45) is 24.8 Å². The van der Waals surface area contributed by atoms with Gasteiger partial charge in [-0.2, -0.15) is 0 Å². The van der Waals surface area contributed by atoms with E-state index in [4.69, 9.17) is 4.74 Å². The van der Waals surface area contributed by atoms with Crippen LogP contribution < -0.4 is 10.9 Å². The Morgan fingerprint density at radius 3 is 2.69 bits per heavy atom. The SMILES string of the molecule is COC1CC(C)CCC1C(=O)NC1CCC(C)C(c2cc3cnc(C)cc3n(C)c2=O)C1. The van der Waals surface area contributed by atoms with Crippen LogP contribution in [0.2, 0.25) is 0 Å². The van der Waals surface area contributed by atoms with Gasteiger partial charge in [-0.05, 0) is 75.3 Å². The molecule has 1 N–H and O–H groups in total. The van der Waals surface area contributed by atoms with Crippen LogP contribution in [-0.4, -0.2) is 34.7 Å². The molecule has 2 saturated carbocycles. The van der Waals surface area contributed by atoms with Crippen LogP contribution in [0.1, 0.15) is 69.5 Å². The number of rotatable bonds is 4. The van der Waals surface area contributed by atoms with Gasteiger partial charge in [-0.15, -0.1) is 0 Å². The lowest BCUT2D eigenvalue weighted by atomic mass is 9.74. The average molecular weight is 440 g/mol. The minimum Gasteiger partial charge on any atom is -0.381 e. The molecule has 2 aromatic rings. The molecular weight excluding hydrogens is 402 g/mol. The number of fused-ring (bicyclic) bond motifs is 1. The molecule has 4 rings (SSSR count). The summed E-state index contributed by atoms with van der Waals surface area (Å²) in [6.45, 7) is 6.40. The minimum atomic E-state index is -0.0724. The summed E-state index contributed by atoms with van der Waals surface area (Å²) >= 11 is 0. The molecule has 0 aromatic carbocycles. The molecular formula is C26H37N3O3. The first-order chi connectivity index (χ1) is 15.3. The van der Waals surface area contributed by atoms with Crippen LogP contribution in [0.5, 0.6) is 0 Å². The number of hydrogen-bond acceptors (Lipinski definition) is 4. The Bertz CT molecular complexity index is 1050. The van der Waals surface area contributed by atoms with Crippen molar-refractivity contribution in [2.45, 2.75) is 77.4 Å². The molecule has 2 fully saturated rings. The van der Waals surface area contributed by atoms with Crippen LogP contribution in [0.25, 0.3) is 10.9 Å². The molecule has 32 heavy (non-hydrogen) atoms. The number of amides is 1. The second-order valence-electron chi connectivity index (χ2n) is 10.2. The molecule has 6 unspecified atom stereocenters. The number of methoxy groups -OCH3 is 1. The summed E-state index contributed by atoms with van der Waals surface area (Å²) in [7, 11) is 3.56. The van der Waals surface area contributed by atoms with Gasteiger partial charge in [0.25, 0.3) is 5.56 Å². The van der Waals surface area contributed by atoms with Crippen molar-refractivity contribution in [3.63, 3.8) is 0 Å². The summed E-state index contributed by atoms with van der Waals surface area (Å²) in [5, 5.41) is 4.32. The van der Waals surface area contributed by atoms with E-state index in [2.05, 4.69) is 24.1 Å². The van der Waals surface area contributed by atoms with Gasteiger partial charge >= 0.3 is 0 Å². The van der Waals surface area contributed by atoms with Crippen LogP contribution >= 0.6 is 0 Å². The third-order valence-corrected chi connectivity index (χ3v) is 7.91. The maximum Gasteiger partial charge on any atom is 0.254 e. The Balaban J connectivity index is 1.54. The normalized spacial score (nSPS) is 30.9. The highest BCUT2D eigenvalue weighted by atomic mass is 16.5. The molecule has 0 spiro atoms. The smallest absolute Gasteiger partial charge is 0.254 e. The van der Waals surface area contributed by atoms with E-state index in [0.717, 1.165) is 60.7 Å². The number of hydrogen-bond donors (Lipinski definition) is 1. The van der Waals surface area contributed by atoms with Gasteiger partial charge in [0.15, 0.2) is 0 Å². The molecule has 1 amide bonds. The Kier molecular flexibility index (Phi) is 6.70. The summed E-state index contributed by atoms with van der Waals surface area (Å²) in [6.07, 6.45) is 7.51. The van der Waals surface area contributed by atoms with Crippen LogP contribution in [-0.2, 0) is 16.6 Å². The molecule has 6 heteroatoms. The lowest BCUT2D eigenvalue weighted by Gasteiger charge is -2.37. The molecule has 6 nitrogen and oxygen atoms in total. The number of carbonyl (C=O) groups is 1. The lowest BCUT2D eigenvalue weighted by Crippen LogP contribution is -2.47. The monoisotopic (exact) mass is 439 g/mol. The fourth-order valence-electron chi connectivity index (χ4n) is 5.84. The Morgan fingerprint density at radius 2 is 1.94 bits per heavy atom. The van der Waals surface area contributed by atoms with Crippen LogP contribution in [0.15, 0.2) is 23.1 Å². The molecule has 0 saturated heterocycles. The number of ether oxygens (including phenoxy) is 1. The second kappa shape index (κ2) is 9.34. The lowest BCUT2D eigenvalue weighted by molar-refractivity contribution is -0.133. The predicted octanol–water partition coefficient (Wildman–Crippen LogP) is 4.08. The van der Waals surface area contributed by atoms with E-state index in [0.29, 0.717) is 11.8 Å². The number of aryl methyl sites for hydroxylation is 2. The van der Waals surface area contributed by atoms with E-state index in [-0.39, 0.29) is 35.4 Å². The zero-order chi connectivity index (χ0) is 23.0. The van der Waals surface area contributed by atoms with E-state index in [1.165, 1.54) is 0 Å². The maximum absolute atomic E-state index is 13.3. The standard InChI is InChI=1S/C26H37N3O3/c1-15-6-9-20(24(10-15)32-5)25(30)28-19-8-7-16(2)21(13-19)22-12-18-14-27-17(3)11-23(18)29(4)26(22)31/h11-12,14-16,19-21,24H,6-10,13H2,1-5H3,(H,28,30). The zero-order valence-corrected chi connectivity index (χ0v) is 20.1. The van der Waals surface area contributed by atoms with Gasteiger partial charge in [-0.25, -0.2) is 0 Å². The van der Waals surface area contributed by atoms with E-state index in [1.807, 2.05) is 32.3 Å². The van der Waals surface area contributed by atoms with Gasteiger partial charge in [0, 0.05) is 43.0 Å². The quantitative estimate of drug-likeness (QED) is 0.779. The predicted molar refractivity (Wildman–Crippen MR) is 127 cm³/mol. The third-order valence-electron chi connectivity index (χ3n) is 7.91. The highest BCUT2D eigenvalue weighted by molar-refractivity contribution is 5.80. The zero-order valence-electron chi connectivity index (χ0n) is 20.1. The molecule has 2 aliphatic carbocycles. The van der Waals surface area contributed by atoms with Crippen molar-refractivity contribution in [1.82, 2.24) is 14.9 Å². The maximum atomic E-state index is 13.3. The molecule has 2 heterocycles. The Morgan fingerprint density at radius 1 is 1.16 bits per heavy atom. The summed E-state index contributed by atoms with van der Waals surface area (Å²) in [5.74, 6) is 1.17. The molecule has 0 radical (unpaired) electrons. The molecule has 2 aliphatic rings. The fourth-order valence-corrected chi connectivity index (χ4v) is 5.84. The number of aromatic nitrogens is 2. The van der Waals surface area contributed by atoms with Crippen molar-refractivity contribution in [3.05, 3.63) is 39.9 Å². The molecule has 2 aromatic heterocycles. The van der Waals surface area contributed by atoms with Crippen LogP contribution in [0.4, 0.5) is 0 Å². The average Bonchev–Trinajstić information content (AvgIpc) is 2.77. The fraction of sp³-hybridized carbons (Fsp3) is 0.654. The van der Waals surface area contributed by atoms with Gasteiger partial charge in [0.1, 0.15) is 0 Å². The van der Waals surface area contributed by atoms with Crippen LogP contribution in [0.3, 0.4) is 0 Å². The van der Waals surface area contributed by atoms with Crippen molar-refractivity contribution in [1.29, 1.82) is 0 Å². The summed E-state index contributed by atoms with van der Waals surface area (Å²) in [4.78, 5) is 30.8. The van der Waals surface area contributed by atoms with Crippen molar-refractivity contribution in [3.8, 4) is 0 Å². The highest BCUT2D eigenvalue weighted by Crippen LogP contribution is 2.38. The van der Waals surface area contributed by atoms with Crippen molar-refractivity contribution < 1.29 is 9.53 Å². The summed E-state index contributed by atoms with van der Waals surface area (Å²) in [6, 6.07) is 4.08. The van der Waals surface area contributed by atoms with E-state index in [9.17, 15) is 9.59 Å². The number of pyridine rings is 2. The van der Waals surface area contributed by atoms with Gasteiger partial charge in [0.05, 0.1) is 17.5 Å². The Hall–Kier alpha value is -2.21. The molecule has 0 aliphatic heterocycles. The van der Waals surface area contributed by atoms with Crippen molar-refractivity contribution in [2.75, 3.05) is 7.11 Å². The van der Waals surface area contributed by atoms with E-state index < -0.39 is 0 Å². The molecule has 6 atom stereocenters. The number of nitrogens with zero attached hydrogens (tertiary/aromatic N) is 2. The first kappa shape index (κ1) is 23.0. The van der Waals surface area contributed by atoms with E-state index in [1.54, 1.807) is 11.7 Å². The van der Waals surface area contributed by atoms with Gasteiger partial charge in [0.2, 0.25) is 5.91 Å². The van der Waals surface area contributed by atoms with Gasteiger partial charge in [-0.1, -0.05) is 13.8 Å². The first-order valence-corrected chi connectivity index (χ1v) is 12.1. The highest BCUT2D eigenvalue weighted by Gasteiger charge is 2.37. The first-order valence-electron chi connectivity index (χ1n) is 12.1.